The zero-order chi connectivity index (χ0) is 29.8. The first-order valence-corrected chi connectivity index (χ1v) is 13.2. The third-order valence-electron chi connectivity index (χ3n) is 6.77. The zero-order valence-electron chi connectivity index (χ0n) is 23.3. The number of nitrogens with one attached hydrogen (secondary N) is 1. The Morgan fingerprint density at radius 1 is 1.02 bits per heavy atom. The second-order valence-electron chi connectivity index (χ2n) is 9.57. The van der Waals surface area contributed by atoms with Gasteiger partial charge in [-0.2, -0.15) is 0 Å². The van der Waals surface area contributed by atoms with Gasteiger partial charge >= 0.3 is 0 Å². The van der Waals surface area contributed by atoms with E-state index in [1.807, 2.05) is 6.92 Å². The molecular formula is C30H28F2N6O4. The molecule has 1 aliphatic rings. The quantitative estimate of drug-likeness (QED) is 0.305. The van der Waals surface area contributed by atoms with Gasteiger partial charge in [0, 0.05) is 37.0 Å². The molecule has 0 fully saturated rings. The maximum atomic E-state index is 14.8. The molecule has 0 atom stereocenters. The molecule has 1 N–H and O–H groups in total. The van der Waals surface area contributed by atoms with Crippen molar-refractivity contribution in [3.63, 3.8) is 0 Å². The Kier molecular flexibility index (Phi) is 8.32. The number of likely N-dealkylation sites (N-methyl/N-ethyl adjacent to an activating group) is 1. The minimum absolute atomic E-state index is 0.0238. The van der Waals surface area contributed by atoms with Gasteiger partial charge in [0.15, 0.2) is 5.82 Å². The van der Waals surface area contributed by atoms with E-state index in [4.69, 9.17) is 9.47 Å². The lowest BCUT2D eigenvalue weighted by Crippen LogP contribution is -2.25. The van der Waals surface area contributed by atoms with Crippen LogP contribution in [0.25, 0.3) is 11.4 Å². The topological polar surface area (TPSA) is 119 Å². The van der Waals surface area contributed by atoms with Crippen molar-refractivity contribution >= 4 is 11.8 Å². The normalized spacial score (nSPS) is 12.3. The van der Waals surface area contributed by atoms with Crippen LogP contribution in [-0.2, 0) is 30.7 Å². The van der Waals surface area contributed by atoms with Crippen LogP contribution < -0.4 is 14.8 Å². The van der Waals surface area contributed by atoms with Gasteiger partial charge in [-0.1, -0.05) is 6.07 Å². The highest BCUT2D eigenvalue weighted by Crippen LogP contribution is 2.33. The predicted octanol–water partition coefficient (Wildman–Crippen LogP) is 3.65. The highest BCUT2D eigenvalue weighted by Gasteiger charge is 2.34. The summed E-state index contributed by atoms with van der Waals surface area (Å²) >= 11 is 0. The number of benzene rings is 2. The van der Waals surface area contributed by atoms with E-state index in [0.717, 1.165) is 17.7 Å². The van der Waals surface area contributed by atoms with Crippen molar-refractivity contribution in [1.29, 1.82) is 0 Å². The van der Waals surface area contributed by atoms with Crippen LogP contribution >= 0.6 is 0 Å². The fourth-order valence-corrected chi connectivity index (χ4v) is 4.76. The minimum Gasteiger partial charge on any atom is -0.497 e. The third-order valence-corrected chi connectivity index (χ3v) is 6.77. The summed E-state index contributed by atoms with van der Waals surface area (Å²) in [5.41, 5.74) is 1.85. The van der Waals surface area contributed by atoms with Gasteiger partial charge < -0.3 is 19.7 Å². The molecule has 2 amide bonds. The van der Waals surface area contributed by atoms with E-state index in [0.29, 0.717) is 35.1 Å². The van der Waals surface area contributed by atoms with Gasteiger partial charge in [-0.3, -0.25) is 9.59 Å². The van der Waals surface area contributed by atoms with E-state index >= 15 is 0 Å². The molecule has 0 unspecified atom stereocenters. The number of fused-ring (bicyclic) bond motifs is 1. The first kappa shape index (κ1) is 28.5. The van der Waals surface area contributed by atoms with Gasteiger partial charge in [-0.15, -0.1) is 0 Å². The molecule has 0 saturated carbocycles. The molecule has 0 radical (unpaired) electrons. The standard InChI is InChI=1S/C30H28F2N6O4/c1-4-33-26(39)12-25-34-13-17(14-35-25)10-22-28-23(37-29(36-22)27-20(31)6-5-7-21(27)32)16-38(30(28)40)15-18-8-9-19(41-2)11-24(18)42-3/h5-9,11,13-14H,4,10,12,15-16H2,1-3H3,(H,33,39). The summed E-state index contributed by atoms with van der Waals surface area (Å²) in [4.78, 5) is 44.6. The summed E-state index contributed by atoms with van der Waals surface area (Å²) in [5, 5.41) is 2.69. The maximum Gasteiger partial charge on any atom is 0.258 e. The van der Waals surface area contributed by atoms with Crippen LogP contribution in [0, 0.1) is 11.6 Å². The second-order valence-corrected chi connectivity index (χ2v) is 9.57. The Balaban J connectivity index is 1.50. The molecule has 0 bridgehead atoms. The number of rotatable bonds is 10. The Morgan fingerprint density at radius 2 is 1.76 bits per heavy atom. The predicted molar refractivity (Wildman–Crippen MR) is 148 cm³/mol. The molecule has 0 spiro atoms. The number of aromatic nitrogens is 4. The zero-order valence-corrected chi connectivity index (χ0v) is 23.3. The first-order chi connectivity index (χ1) is 20.3. The number of halogens is 2. The van der Waals surface area contributed by atoms with Crippen LogP contribution in [0.15, 0.2) is 48.8 Å². The van der Waals surface area contributed by atoms with Crippen molar-refractivity contribution in [2.24, 2.45) is 0 Å². The Bertz CT molecular complexity index is 1630. The molecular weight excluding hydrogens is 546 g/mol. The number of ether oxygens (including phenoxy) is 2. The van der Waals surface area contributed by atoms with Crippen molar-refractivity contribution in [3.05, 3.63) is 94.3 Å². The van der Waals surface area contributed by atoms with Crippen molar-refractivity contribution in [1.82, 2.24) is 30.2 Å². The second kappa shape index (κ2) is 12.2. The molecule has 1 aliphatic heterocycles. The number of carbonyl (C=O) groups excluding carboxylic acids is 2. The lowest BCUT2D eigenvalue weighted by Gasteiger charge is -2.18. The van der Waals surface area contributed by atoms with Crippen molar-refractivity contribution in [2.75, 3.05) is 20.8 Å². The molecule has 10 nitrogen and oxygen atoms in total. The molecule has 0 saturated heterocycles. The molecule has 5 rings (SSSR count). The van der Waals surface area contributed by atoms with E-state index in [2.05, 4.69) is 25.3 Å². The highest BCUT2D eigenvalue weighted by atomic mass is 19.1. The molecule has 42 heavy (non-hydrogen) atoms. The smallest absolute Gasteiger partial charge is 0.258 e. The summed E-state index contributed by atoms with van der Waals surface area (Å²) in [7, 11) is 3.08. The summed E-state index contributed by atoms with van der Waals surface area (Å²) in [6, 6.07) is 8.82. The van der Waals surface area contributed by atoms with E-state index in [1.54, 1.807) is 42.6 Å². The first-order valence-electron chi connectivity index (χ1n) is 13.2. The van der Waals surface area contributed by atoms with Crippen LogP contribution in [0.3, 0.4) is 0 Å². The van der Waals surface area contributed by atoms with E-state index in [1.165, 1.54) is 13.2 Å². The van der Waals surface area contributed by atoms with E-state index in [9.17, 15) is 18.4 Å². The maximum absolute atomic E-state index is 14.8. The minimum atomic E-state index is -0.817. The third kappa shape index (κ3) is 5.87. The molecule has 3 heterocycles. The van der Waals surface area contributed by atoms with Crippen molar-refractivity contribution in [2.45, 2.75) is 32.9 Å². The Hall–Kier alpha value is -5.00. The van der Waals surface area contributed by atoms with Crippen LogP contribution in [0.4, 0.5) is 8.78 Å². The molecule has 0 aliphatic carbocycles. The van der Waals surface area contributed by atoms with Gasteiger partial charge in [0.05, 0.1) is 56.2 Å². The van der Waals surface area contributed by atoms with Gasteiger partial charge in [0.2, 0.25) is 5.91 Å². The number of methoxy groups -OCH3 is 2. The monoisotopic (exact) mass is 574 g/mol. The number of hydrogen-bond donors (Lipinski definition) is 1. The fourth-order valence-electron chi connectivity index (χ4n) is 4.76. The number of nitrogens with zero attached hydrogens (tertiary/aromatic N) is 5. The van der Waals surface area contributed by atoms with Gasteiger partial charge in [0.25, 0.3) is 5.91 Å². The summed E-state index contributed by atoms with van der Waals surface area (Å²) in [5.74, 6) is -0.834. The average Bonchev–Trinajstić information content (AvgIpc) is 3.29. The Labute approximate surface area is 240 Å². The molecule has 12 heteroatoms. The molecule has 2 aromatic carbocycles. The van der Waals surface area contributed by atoms with Gasteiger partial charge in [-0.05, 0) is 36.8 Å². The lowest BCUT2D eigenvalue weighted by atomic mass is 10.1. The van der Waals surface area contributed by atoms with Crippen molar-refractivity contribution in [3.8, 4) is 22.9 Å². The number of amides is 2. The largest absolute Gasteiger partial charge is 0.497 e. The molecule has 216 valence electrons. The van der Waals surface area contributed by atoms with Crippen LogP contribution in [-0.4, -0.2) is 57.4 Å². The SMILES string of the molecule is CCNC(=O)Cc1ncc(Cc2nc(-c3c(F)cccc3F)nc3c2C(=O)N(Cc2ccc(OC)cc2OC)C3)cn1. The number of hydrogen-bond acceptors (Lipinski definition) is 8. The highest BCUT2D eigenvalue weighted by molar-refractivity contribution is 5.99. The lowest BCUT2D eigenvalue weighted by molar-refractivity contribution is -0.120. The van der Waals surface area contributed by atoms with E-state index < -0.39 is 11.6 Å². The summed E-state index contributed by atoms with van der Waals surface area (Å²) in [6.07, 6.45) is 3.20. The Morgan fingerprint density at radius 3 is 2.43 bits per heavy atom. The fraction of sp³-hybridized carbons (Fsp3) is 0.267. The summed E-state index contributed by atoms with van der Waals surface area (Å²) in [6.45, 7) is 2.61. The van der Waals surface area contributed by atoms with Crippen LogP contribution in [0.5, 0.6) is 11.5 Å². The van der Waals surface area contributed by atoms with Gasteiger partial charge in [-0.25, -0.2) is 28.7 Å². The number of carbonyl (C=O) groups is 2. The van der Waals surface area contributed by atoms with Crippen LogP contribution in [0.1, 0.15) is 45.6 Å². The van der Waals surface area contributed by atoms with Crippen molar-refractivity contribution < 1.29 is 27.8 Å². The molecule has 4 aromatic rings. The summed E-state index contributed by atoms with van der Waals surface area (Å²) < 4.78 is 40.3. The van der Waals surface area contributed by atoms with Gasteiger partial charge in [0.1, 0.15) is 29.0 Å². The average molecular weight is 575 g/mol. The van der Waals surface area contributed by atoms with E-state index in [-0.39, 0.29) is 60.4 Å². The molecule has 2 aromatic heterocycles. The van der Waals surface area contributed by atoms with Crippen LogP contribution in [0.2, 0.25) is 0 Å².